The molecule has 2 heterocycles. The molecule has 158 valence electrons. The van der Waals surface area contributed by atoms with Gasteiger partial charge in [-0.3, -0.25) is 18.8 Å². The van der Waals surface area contributed by atoms with Gasteiger partial charge in [0.15, 0.2) is 16.1 Å². The van der Waals surface area contributed by atoms with Crippen LogP contribution in [0.2, 0.25) is 5.02 Å². The molecule has 0 N–H and O–H groups in total. The summed E-state index contributed by atoms with van der Waals surface area (Å²) in [5.41, 5.74) is 0.973. The van der Waals surface area contributed by atoms with Gasteiger partial charge in [-0.25, -0.2) is 4.68 Å². The van der Waals surface area contributed by atoms with Crippen molar-refractivity contribution in [3.8, 4) is 5.69 Å². The van der Waals surface area contributed by atoms with Crippen LogP contribution >= 0.6 is 23.8 Å². The van der Waals surface area contributed by atoms with Gasteiger partial charge in [-0.15, -0.1) is 10.2 Å². The monoisotopic (exact) mass is 446 g/mol. The summed E-state index contributed by atoms with van der Waals surface area (Å²) in [6.07, 6.45) is 2.14. The Hall–Kier alpha value is -2.78. The summed E-state index contributed by atoms with van der Waals surface area (Å²) in [4.78, 5) is 25.8. The molecule has 0 amide bonds. The molecule has 0 unspecified atom stereocenters. The van der Waals surface area contributed by atoms with Gasteiger partial charge in [0, 0.05) is 31.4 Å². The molecule has 10 heteroatoms. The van der Waals surface area contributed by atoms with E-state index >= 15 is 0 Å². The van der Waals surface area contributed by atoms with Crippen LogP contribution in [0.1, 0.15) is 26.5 Å². The minimum atomic E-state index is -0.334. The molecular formula is C20H23ClN6O2S. The van der Waals surface area contributed by atoms with Gasteiger partial charge in [0.1, 0.15) is 0 Å². The Bertz CT molecular complexity index is 1300. The highest BCUT2D eigenvalue weighted by molar-refractivity contribution is 7.71. The number of nitrogens with zero attached hydrogens (tertiary/aromatic N) is 6. The van der Waals surface area contributed by atoms with E-state index in [1.807, 2.05) is 20.8 Å². The molecular weight excluding hydrogens is 424 g/mol. The van der Waals surface area contributed by atoms with Crippen LogP contribution in [0.25, 0.3) is 5.69 Å². The number of benzene rings is 1. The average Bonchev–Trinajstić information content (AvgIpc) is 2.96. The smallest absolute Gasteiger partial charge is 0.299 e. The van der Waals surface area contributed by atoms with Gasteiger partial charge in [-0.05, 0) is 50.7 Å². The largest absolute Gasteiger partial charge is 0.323 e. The third kappa shape index (κ3) is 3.82. The summed E-state index contributed by atoms with van der Waals surface area (Å²) in [6.45, 7) is 6.71. The van der Waals surface area contributed by atoms with Crippen molar-refractivity contribution in [3.63, 3.8) is 0 Å². The SMILES string of the molecule is CCc1c(N=Nc2cn(CC)c(=S)n(CC)c2=O)c(=O)n(-c2cccc(Cl)c2)n1C. The zero-order valence-electron chi connectivity index (χ0n) is 17.3. The number of halogens is 1. The molecule has 2 aromatic heterocycles. The number of aryl methyl sites for hydroxylation is 1. The lowest BCUT2D eigenvalue weighted by atomic mass is 10.3. The Morgan fingerprint density at radius 1 is 1.07 bits per heavy atom. The topological polar surface area (TPSA) is 78.6 Å². The molecule has 3 aromatic rings. The molecule has 30 heavy (non-hydrogen) atoms. The fraction of sp³-hybridized carbons (Fsp3) is 0.350. The van der Waals surface area contributed by atoms with E-state index in [1.54, 1.807) is 46.8 Å². The second-order valence-corrected chi connectivity index (χ2v) is 7.40. The highest BCUT2D eigenvalue weighted by Crippen LogP contribution is 2.22. The fourth-order valence-corrected chi connectivity index (χ4v) is 3.92. The second-order valence-electron chi connectivity index (χ2n) is 6.60. The standard InChI is InChI=1S/C20H23ClN6O2S/c1-5-16-17(19(29)27(24(16)4)14-10-8-9-13(21)11-14)23-22-15-12-25(6-2)20(30)26(7-3)18(15)28/h8-12H,5-7H2,1-4H3. The molecule has 0 spiro atoms. The predicted molar refractivity (Wildman–Crippen MR) is 120 cm³/mol. The molecule has 0 aliphatic carbocycles. The Morgan fingerprint density at radius 3 is 2.40 bits per heavy atom. The van der Waals surface area contributed by atoms with Crippen molar-refractivity contribution in [2.24, 2.45) is 17.3 Å². The summed E-state index contributed by atoms with van der Waals surface area (Å²) >= 11 is 11.4. The van der Waals surface area contributed by atoms with Gasteiger partial charge >= 0.3 is 0 Å². The quantitative estimate of drug-likeness (QED) is 0.412. The lowest BCUT2D eigenvalue weighted by molar-refractivity contribution is 0.612. The van der Waals surface area contributed by atoms with Gasteiger partial charge in [-0.2, -0.15) is 0 Å². The number of azo groups is 1. The maximum Gasteiger partial charge on any atom is 0.299 e. The van der Waals surface area contributed by atoms with E-state index in [0.29, 0.717) is 40.7 Å². The molecule has 0 bridgehead atoms. The van der Waals surface area contributed by atoms with Crippen LogP contribution in [0.5, 0.6) is 0 Å². The van der Waals surface area contributed by atoms with Gasteiger partial charge in [0.05, 0.1) is 11.4 Å². The molecule has 0 radical (unpaired) electrons. The van der Waals surface area contributed by atoms with Crippen LogP contribution in [0.3, 0.4) is 0 Å². The first-order chi connectivity index (χ1) is 14.3. The molecule has 0 aliphatic heterocycles. The van der Waals surface area contributed by atoms with Crippen molar-refractivity contribution >= 4 is 35.2 Å². The molecule has 1 aromatic carbocycles. The lowest BCUT2D eigenvalue weighted by Gasteiger charge is -2.09. The van der Waals surface area contributed by atoms with Crippen LogP contribution in [0.15, 0.2) is 50.3 Å². The normalized spacial score (nSPS) is 11.5. The number of hydrogen-bond donors (Lipinski definition) is 0. The van der Waals surface area contributed by atoms with Gasteiger partial charge in [-0.1, -0.05) is 24.6 Å². The second kappa shape index (κ2) is 8.93. The first-order valence-corrected chi connectivity index (χ1v) is 10.4. The van der Waals surface area contributed by atoms with Crippen molar-refractivity contribution in [3.05, 3.63) is 66.7 Å². The molecule has 3 rings (SSSR count). The third-order valence-electron chi connectivity index (χ3n) is 4.88. The Morgan fingerprint density at radius 2 is 1.80 bits per heavy atom. The van der Waals surface area contributed by atoms with Crippen LogP contribution in [0, 0.1) is 4.77 Å². The van der Waals surface area contributed by atoms with Crippen molar-refractivity contribution in [1.29, 1.82) is 0 Å². The van der Waals surface area contributed by atoms with Crippen LogP contribution in [-0.4, -0.2) is 18.5 Å². The highest BCUT2D eigenvalue weighted by Gasteiger charge is 2.18. The van der Waals surface area contributed by atoms with Crippen molar-refractivity contribution < 1.29 is 0 Å². The highest BCUT2D eigenvalue weighted by atomic mass is 35.5. The number of hydrogen-bond acceptors (Lipinski definition) is 5. The van der Waals surface area contributed by atoms with Crippen molar-refractivity contribution in [1.82, 2.24) is 18.5 Å². The average molecular weight is 447 g/mol. The number of aromatic nitrogens is 4. The van der Waals surface area contributed by atoms with Crippen molar-refractivity contribution in [2.75, 3.05) is 0 Å². The van der Waals surface area contributed by atoms with Crippen LogP contribution < -0.4 is 11.1 Å². The van der Waals surface area contributed by atoms with Gasteiger partial charge in [0.2, 0.25) is 0 Å². The lowest BCUT2D eigenvalue weighted by Crippen LogP contribution is -2.23. The molecule has 0 saturated carbocycles. The van der Waals surface area contributed by atoms with E-state index in [9.17, 15) is 9.59 Å². The van der Waals surface area contributed by atoms with E-state index in [1.165, 1.54) is 9.25 Å². The maximum atomic E-state index is 13.1. The zero-order valence-corrected chi connectivity index (χ0v) is 18.9. The van der Waals surface area contributed by atoms with E-state index in [-0.39, 0.29) is 22.5 Å². The fourth-order valence-electron chi connectivity index (χ4n) is 3.35. The summed E-state index contributed by atoms with van der Waals surface area (Å²) < 4.78 is 6.86. The summed E-state index contributed by atoms with van der Waals surface area (Å²) in [6, 6.07) is 7.01. The summed E-state index contributed by atoms with van der Waals surface area (Å²) in [5, 5.41) is 8.86. The summed E-state index contributed by atoms with van der Waals surface area (Å²) in [5.74, 6) is 0. The van der Waals surface area contributed by atoms with E-state index in [2.05, 4.69) is 10.2 Å². The van der Waals surface area contributed by atoms with E-state index in [4.69, 9.17) is 23.8 Å². The number of rotatable bonds is 6. The Labute approximate surface area is 183 Å². The molecule has 8 nitrogen and oxygen atoms in total. The molecule has 0 fully saturated rings. The van der Waals surface area contributed by atoms with E-state index < -0.39 is 0 Å². The molecule has 0 saturated heterocycles. The Balaban J connectivity index is 2.18. The van der Waals surface area contributed by atoms with E-state index in [0.717, 1.165) is 0 Å². The Kier molecular flexibility index (Phi) is 6.52. The van der Waals surface area contributed by atoms with Gasteiger partial charge < -0.3 is 4.57 Å². The van der Waals surface area contributed by atoms with Crippen LogP contribution in [0.4, 0.5) is 11.4 Å². The molecule has 0 atom stereocenters. The van der Waals surface area contributed by atoms with Crippen LogP contribution in [-0.2, 0) is 26.6 Å². The first-order valence-electron chi connectivity index (χ1n) is 9.66. The minimum Gasteiger partial charge on any atom is -0.323 e. The first kappa shape index (κ1) is 21.9. The minimum absolute atomic E-state index is 0.131. The third-order valence-corrected chi connectivity index (χ3v) is 5.57. The predicted octanol–water partition coefficient (Wildman–Crippen LogP) is 4.54. The van der Waals surface area contributed by atoms with Gasteiger partial charge in [0.25, 0.3) is 11.1 Å². The maximum absolute atomic E-state index is 13.1. The molecule has 0 aliphatic rings. The summed E-state index contributed by atoms with van der Waals surface area (Å²) in [7, 11) is 1.78. The van der Waals surface area contributed by atoms with Crippen molar-refractivity contribution in [2.45, 2.75) is 40.3 Å². The zero-order chi connectivity index (χ0) is 22.0.